The molecular weight excluding hydrogens is 180 g/mol. The van der Waals surface area contributed by atoms with Gasteiger partial charge >= 0.3 is 0 Å². The van der Waals surface area contributed by atoms with Crippen LogP contribution in [-0.4, -0.2) is 46.4 Å². The van der Waals surface area contributed by atoms with Crippen LogP contribution in [0.1, 0.15) is 5.56 Å². The van der Waals surface area contributed by atoms with Gasteiger partial charge in [-0.25, -0.2) is 0 Å². The van der Waals surface area contributed by atoms with Crippen LogP contribution in [0.4, 0.5) is 0 Å². The van der Waals surface area contributed by atoms with Crippen LogP contribution < -0.4 is 0 Å². The summed E-state index contributed by atoms with van der Waals surface area (Å²) in [6, 6.07) is 3.86. The third-order valence-corrected chi connectivity index (χ3v) is 1.91. The third-order valence-electron chi connectivity index (χ3n) is 1.91. The molecule has 1 heterocycles. The lowest BCUT2D eigenvalue weighted by Gasteiger charge is -2.18. The number of likely N-dealkylation sites (N-methyl/N-ethyl adjacent to an activating group) is 1. The van der Waals surface area contributed by atoms with Crippen molar-refractivity contribution in [2.75, 3.05) is 20.2 Å². The van der Waals surface area contributed by atoms with Crippen LogP contribution in [-0.2, 0) is 6.54 Å². The average Bonchev–Trinajstić information content (AvgIpc) is 2.19. The fourth-order valence-electron chi connectivity index (χ4n) is 1.29. The van der Waals surface area contributed by atoms with Crippen molar-refractivity contribution in [3.63, 3.8) is 0 Å². The molecule has 1 rings (SSSR count). The van der Waals surface area contributed by atoms with E-state index < -0.39 is 6.10 Å². The van der Waals surface area contributed by atoms with Crippen molar-refractivity contribution in [2.24, 2.45) is 0 Å². The number of aliphatic hydroxyl groups excluding tert-OH is 2. The Morgan fingerprint density at radius 2 is 2.36 bits per heavy atom. The molecule has 1 aromatic heterocycles. The highest BCUT2D eigenvalue weighted by Crippen LogP contribution is 2.00. The molecule has 0 saturated carbocycles. The molecule has 0 fully saturated rings. The van der Waals surface area contributed by atoms with E-state index in [9.17, 15) is 5.11 Å². The largest absolute Gasteiger partial charge is 0.394 e. The molecule has 0 radical (unpaired) electrons. The fraction of sp³-hybridized carbons (Fsp3) is 0.500. The van der Waals surface area contributed by atoms with E-state index in [4.69, 9.17) is 5.11 Å². The first-order valence-corrected chi connectivity index (χ1v) is 4.58. The summed E-state index contributed by atoms with van der Waals surface area (Å²) in [5.74, 6) is 0. The Bertz CT molecular complexity index is 254. The van der Waals surface area contributed by atoms with Crippen LogP contribution >= 0.6 is 0 Å². The van der Waals surface area contributed by atoms with Gasteiger partial charge in [0.15, 0.2) is 0 Å². The number of rotatable bonds is 5. The lowest BCUT2D eigenvalue weighted by atomic mass is 10.2. The molecule has 1 unspecified atom stereocenters. The minimum Gasteiger partial charge on any atom is -0.394 e. The molecule has 0 amide bonds. The minimum atomic E-state index is -0.670. The first kappa shape index (κ1) is 11.1. The lowest BCUT2D eigenvalue weighted by Crippen LogP contribution is -2.30. The van der Waals surface area contributed by atoms with E-state index >= 15 is 0 Å². The van der Waals surface area contributed by atoms with Crippen LogP contribution in [0, 0.1) is 0 Å². The van der Waals surface area contributed by atoms with Gasteiger partial charge in [-0.1, -0.05) is 6.07 Å². The van der Waals surface area contributed by atoms with E-state index in [0.717, 1.165) is 12.1 Å². The van der Waals surface area contributed by atoms with E-state index in [0.29, 0.717) is 6.54 Å². The summed E-state index contributed by atoms with van der Waals surface area (Å²) in [7, 11) is 1.89. The monoisotopic (exact) mass is 196 g/mol. The predicted molar refractivity (Wildman–Crippen MR) is 53.7 cm³/mol. The molecular formula is C10H16N2O2. The maximum atomic E-state index is 9.20. The topological polar surface area (TPSA) is 56.6 Å². The number of hydrogen-bond donors (Lipinski definition) is 2. The second kappa shape index (κ2) is 5.70. The molecule has 0 saturated heterocycles. The Balaban J connectivity index is 2.37. The molecule has 78 valence electrons. The summed E-state index contributed by atoms with van der Waals surface area (Å²) in [6.07, 6.45) is 2.85. The van der Waals surface area contributed by atoms with E-state index in [2.05, 4.69) is 4.98 Å². The Morgan fingerprint density at radius 3 is 2.93 bits per heavy atom. The van der Waals surface area contributed by atoms with Gasteiger partial charge in [-0.2, -0.15) is 0 Å². The Hall–Kier alpha value is -0.970. The summed E-state index contributed by atoms with van der Waals surface area (Å²) in [6.45, 7) is 0.994. The molecule has 0 aromatic carbocycles. The summed E-state index contributed by atoms with van der Waals surface area (Å²) in [5.41, 5.74) is 1.10. The van der Waals surface area contributed by atoms with Gasteiger partial charge < -0.3 is 10.2 Å². The zero-order chi connectivity index (χ0) is 10.4. The highest BCUT2D eigenvalue weighted by atomic mass is 16.3. The summed E-state index contributed by atoms with van der Waals surface area (Å²) in [5, 5.41) is 17.9. The van der Waals surface area contributed by atoms with Crippen LogP contribution in [0.25, 0.3) is 0 Å². The maximum absolute atomic E-state index is 9.20. The molecule has 4 heteroatoms. The molecule has 14 heavy (non-hydrogen) atoms. The van der Waals surface area contributed by atoms with Gasteiger partial charge in [0.2, 0.25) is 0 Å². The van der Waals surface area contributed by atoms with E-state index in [1.807, 2.05) is 24.1 Å². The quantitative estimate of drug-likeness (QED) is 0.688. The molecule has 1 atom stereocenters. The van der Waals surface area contributed by atoms with Gasteiger partial charge in [0, 0.05) is 25.5 Å². The van der Waals surface area contributed by atoms with Gasteiger partial charge in [-0.3, -0.25) is 9.88 Å². The van der Waals surface area contributed by atoms with Gasteiger partial charge in [0.05, 0.1) is 12.7 Å². The number of nitrogens with zero attached hydrogens (tertiary/aromatic N) is 2. The number of pyridine rings is 1. The van der Waals surface area contributed by atoms with Crippen molar-refractivity contribution in [3.05, 3.63) is 30.1 Å². The highest BCUT2D eigenvalue weighted by molar-refractivity contribution is 5.07. The van der Waals surface area contributed by atoms with E-state index in [-0.39, 0.29) is 6.61 Å². The summed E-state index contributed by atoms with van der Waals surface area (Å²) >= 11 is 0. The van der Waals surface area contributed by atoms with Crippen LogP contribution in [0.5, 0.6) is 0 Å². The zero-order valence-electron chi connectivity index (χ0n) is 8.30. The van der Waals surface area contributed by atoms with Crippen molar-refractivity contribution in [2.45, 2.75) is 12.6 Å². The second-order valence-corrected chi connectivity index (χ2v) is 3.39. The lowest BCUT2D eigenvalue weighted by molar-refractivity contribution is 0.0648. The standard InChI is InChI=1S/C10H16N2O2/c1-12(7-10(14)8-13)6-9-3-2-4-11-5-9/h2-5,10,13-14H,6-8H2,1H3. The molecule has 0 aliphatic heterocycles. The fourth-order valence-corrected chi connectivity index (χ4v) is 1.29. The van der Waals surface area contributed by atoms with Gasteiger partial charge in [-0.15, -0.1) is 0 Å². The molecule has 0 spiro atoms. The molecule has 0 bridgehead atoms. The Kier molecular flexibility index (Phi) is 4.52. The maximum Gasteiger partial charge on any atom is 0.0897 e. The minimum absolute atomic E-state index is 0.197. The second-order valence-electron chi connectivity index (χ2n) is 3.39. The summed E-state index contributed by atoms with van der Waals surface area (Å²) in [4.78, 5) is 5.94. The molecule has 0 aliphatic carbocycles. The highest BCUT2D eigenvalue weighted by Gasteiger charge is 2.06. The Labute approximate surface area is 83.8 Å². The van der Waals surface area contributed by atoms with Gasteiger partial charge in [0.25, 0.3) is 0 Å². The van der Waals surface area contributed by atoms with E-state index in [1.165, 1.54) is 0 Å². The molecule has 0 aliphatic rings. The smallest absolute Gasteiger partial charge is 0.0897 e. The van der Waals surface area contributed by atoms with Crippen LogP contribution in [0.2, 0.25) is 0 Å². The SMILES string of the molecule is CN(Cc1cccnc1)CC(O)CO. The summed E-state index contributed by atoms with van der Waals surface area (Å²) < 4.78 is 0. The molecule has 1 aromatic rings. The van der Waals surface area contributed by atoms with Crippen molar-refractivity contribution in [1.82, 2.24) is 9.88 Å². The normalized spacial score (nSPS) is 13.1. The number of hydrogen-bond acceptors (Lipinski definition) is 4. The third kappa shape index (κ3) is 3.83. The van der Waals surface area contributed by atoms with Gasteiger partial charge in [0.1, 0.15) is 0 Å². The average molecular weight is 196 g/mol. The zero-order valence-corrected chi connectivity index (χ0v) is 8.30. The van der Waals surface area contributed by atoms with E-state index in [1.54, 1.807) is 12.4 Å². The molecule has 2 N–H and O–H groups in total. The predicted octanol–water partition coefficient (Wildman–Crippen LogP) is -0.133. The van der Waals surface area contributed by atoms with Crippen LogP contribution in [0.3, 0.4) is 0 Å². The van der Waals surface area contributed by atoms with Crippen molar-refractivity contribution in [3.8, 4) is 0 Å². The van der Waals surface area contributed by atoms with Crippen molar-refractivity contribution >= 4 is 0 Å². The first-order valence-electron chi connectivity index (χ1n) is 4.58. The first-order chi connectivity index (χ1) is 6.72. The van der Waals surface area contributed by atoms with Crippen molar-refractivity contribution < 1.29 is 10.2 Å². The van der Waals surface area contributed by atoms with Crippen molar-refractivity contribution in [1.29, 1.82) is 0 Å². The Morgan fingerprint density at radius 1 is 1.57 bits per heavy atom. The van der Waals surface area contributed by atoms with Crippen LogP contribution in [0.15, 0.2) is 24.5 Å². The van der Waals surface area contributed by atoms with Gasteiger partial charge in [-0.05, 0) is 18.7 Å². The number of aromatic nitrogens is 1. The number of aliphatic hydroxyl groups is 2. The molecule has 4 nitrogen and oxygen atoms in total.